The number of nitro benzene ring substituents is 1. The molecule has 0 aliphatic carbocycles. The molecule has 0 heterocycles. The second kappa shape index (κ2) is 7.19. The van der Waals surface area contributed by atoms with Gasteiger partial charge in [0.2, 0.25) is 0 Å². The van der Waals surface area contributed by atoms with E-state index in [0.717, 1.165) is 10.8 Å². The molecule has 25 heavy (non-hydrogen) atoms. The number of nitro groups is 1. The molecular weight excluding hydrogens is 344 g/mol. The van der Waals surface area contributed by atoms with E-state index in [4.69, 9.17) is 16.3 Å². The summed E-state index contributed by atoms with van der Waals surface area (Å²) < 4.78 is 5.26. The lowest BCUT2D eigenvalue weighted by atomic mass is 10.1. The van der Waals surface area contributed by atoms with E-state index < -0.39 is 10.8 Å². The highest BCUT2D eigenvalue weighted by molar-refractivity contribution is 6.30. The summed E-state index contributed by atoms with van der Waals surface area (Å²) in [5.41, 5.74) is 0.337. The van der Waals surface area contributed by atoms with E-state index in [1.165, 1.54) is 18.2 Å². The van der Waals surface area contributed by atoms with Crippen molar-refractivity contribution in [2.75, 3.05) is 11.9 Å². The number of rotatable bonds is 5. The number of hydrogen-bond acceptors (Lipinski definition) is 4. The van der Waals surface area contributed by atoms with Crippen molar-refractivity contribution in [2.24, 2.45) is 0 Å². The molecular formula is C18H13ClN2O4. The Kier molecular flexibility index (Phi) is 4.81. The second-order valence-corrected chi connectivity index (χ2v) is 5.70. The summed E-state index contributed by atoms with van der Waals surface area (Å²) >= 11 is 5.74. The van der Waals surface area contributed by atoms with Crippen molar-refractivity contribution in [2.45, 2.75) is 0 Å². The van der Waals surface area contributed by atoms with Gasteiger partial charge in [-0.3, -0.25) is 14.9 Å². The number of hydrogen-bond donors (Lipinski definition) is 1. The molecule has 0 aliphatic rings. The van der Waals surface area contributed by atoms with Crippen LogP contribution in [0.3, 0.4) is 0 Å². The van der Waals surface area contributed by atoms with Crippen molar-refractivity contribution in [3.63, 3.8) is 0 Å². The van der Waals surface area contributed by atoms with E-state index >= 15 is 0 Å². The van der Waals surface area contributed by atoms with Gasteiger partial charge in [-0.15, -0.1) is 0 Å². The van der Waals surface area contributed by atoms with Crippen LogP contribution in [-0.2, 0) is 4.79 Å². The third-order valence-electron chi connectivity index (χ3n) is 3.51. The summed E-state index contributed by atoms with van der Waals surface area (Å²) in [7, 11) is 0. The molecule has 3 aromatic carbocycles. The molecule has 126 valence electrons. The molecule has 1 amide bonds. The molecule has 7 heteroatoms. The highest BCUT2D eigenvalue weighted by atomic mass is 35.5. The van der Waals surface area contributed by atoms with E-state index in [2.05, 4.69) is 5.32 Å². The van der Waals surface area contributed by atoms with Crippen LogP contribution in [0, 0.1) is 10.1 Å². The van der Waals surface area contributed by atoms with Crippen molar-refractivity contribution >= 4 is 39.7 Å². The third kappa shape index (κ3) is 4.05. The monoisotopic (exact) mass is 356 g/mol. The largest absolute Gasteiger partial charge is 0.477 e. The average molecular weight is 357 g/mol. The van der Waals surface area contributed by atoms with Gasteiger partial charge in [-0.1, -0.05) is 41.9 Å². The smallest absolute Gasteiger partial charge is 0.312 e. The van der Waals surface area contributed by atoms with Crippen molar-refractivity contribution in [1.29, 1.82) is 0 Å². The lowest BCUT2D eigenvalue weighted by molar-refractivity contribution is -0.385. The van der Waals surface area contributed by atoms with Crippen LogP contribution in [0.1, 0.15) is 0 Å². The van der Waals surface area contributed by atoms with Crippen LogP contribution in [0.2, 0.25) is 5.02 Å². The fraction of sp³-hybridized carbons (Fsp3) is 0.0556. The summed E-state index contributed by atoms with van der Waals surface area (Å²) in [5, 5.41) is 16.0. The zero-order chi connectivity index (χ0) is 17.8. The van der Waals surface area contributed by atoms with E-state index in [9.17, 15) is 14.9 Å². The zero-order valence-electron chi connectivity index (χ0n) is 12.9. The van der Waals surface area contributed by atoms with Crippen molar-refractivity contribution in [1.82, 2.24) is 0 Å². The third-order valence-corrected chi connectivity index (χ3v) is 3.74. The van der Waals surface area contributed by atoms with Crippen molar-refractivity contribution in [3.8, 4) is 5.75 Å². The molecule has 0 atom stereocenters. The minimum atomic E-state index is -0.609. The molecule has 0 saturated heterocycles. The van der Waals surface area contributed by atoms with Gasteiger partial charge in [0.1, 0.15) is 0 Å². The Morgan fingerprint density at radius 1 is 1.08 bits per heavy atom. The molecule has 0 radical (unpaired) electrons. The summed E-state index contributed by atoms with van der Waals surface area (Å²) in [6, 6.07) is 17.3. The maximum Gasteiger partial charge on any atom is 0.312 e. The normalized spacial score (nSPS) is 10.4. The highest BCUT2D eigenvalue weighted by Gasteiger charge is 2.16. The number of carbonyl (C=O) groups is 1. The lowest BCUT2D eigenvalue weighted by Crippen LogP contribution is -2.20. The number of nitrogens with zero attached hydrogens (tertiary/aromatic N) is 1. The number of benzene rings is 3. The highest BCUT2D eigenvalue weighted by Crippen LogP contribution is 2.29. The quantitative estimate of drug-likeness (QED) is 0.542. The topological polar surface area (TPSA) is 81.5 Å². The van der Waals surface area contributed by atoms with Gasteiger partial charge >= 0.3 is 5.69 Å². The van der Waals surface area contributed by atoms with E-state index in [1.54, 1.807) is 6.07 Å². The van der Waals surface area contributed by atoms with Gasteiger partial charge in [0.15, 0.2) is 12.4 Å². The average Bonchev–Trinajstić information content (AvgIpc) is 2.60. The van der Waals surface area contributed by atoms with Crippen LogP contribution in [0.15, 0.2) is 60.7 Å². The second-order valence-electron chi connectivity index (χ2n) is 5.27. The number of nitrogens with one attached hydrogen (secondary N) is 1. The standard InChI is InChI=1S/C18H13ClN2O4/c19-14-6-8-17(16(10-14)21(23)24)25-11-18(22)20-15-7-5-12-3-1-2-4-13(12)9-15/h1-10H,11H2,(H,20,22). The number of fused-ring (bicyclic) bond motifs is 1. The number of halogens is 1. The molecule has 0 aliphatic heterocycles. The predicted octanol–water partition coefficient (Wildman–Crippen LogP) is 4.42. The minimum Gasteiger partial charge on any atom is -0.477 e. The Hall–Kier alpha value is -3.12. The molecule has 6 nitrogen and oxygen atoms in total. The van der Waals surface area contributed by atoms with Crippen molar-refractivity contribution in [3.05, 3.63) is 75.8 Å². The molecule has 3 rings (SSSR count). The number of ether oxygens (including phenoxy) is 1. The molecule has 0 unspecified atom stereocenters. The van der Waals surface area contributed by atoms with E-state index in [-0.39, 0.29) is 23.1 Å². The van der Waals surface area contributed by atoms with Crippen LogP contribution >= 0.6 is 11.6 Å². The summed E-state index contributed by atoms with van der Waals surface area (Å²) in [6.45, 7) is -0.352. The van der Waals surface area contributed by atoms with Crippen LogP contribution in [-0.4, -0.2) is 17.4 Å². The summed E-state index contributed by atoms with van der Waals surface area (Å²) in [4.78, 5) is 22.4. The summed E-state index contributed by atoms with van der Waals surface area (Å²) in [5.74, 6) is -0.428. The van der Waals surface area contributed by atoms with Crippen LogP contribution in [0.25, 0.3) is 10.8 Å². The molecule has 0 spiro atoms. The number of carbonyl (C=O) groups excluding carboxylic acids is 1. The van der Waals surface area contributed by atoms with Gasteiger partial charge in [-0.2, -0.15) is 0 Å². The predicted molar refractivity (Wildman–Crippen MR) is 96.2 cm³/mol. The maximum atomic E-state index is 12.0. The van der Waals surface area contributed by atoms with Crippen LogP contribution in [0.4, 0.5) is 11.4 Å². The van der Waals surface area contributed by atoms with Crippen molar-refractivity contribution < 1.29 is 14.5 Å². The zero-order valence-corrected chi connectivity index (χ0v) is 13.7. The van der Waals surface area contributed by atoms with Crippen LogP contribution < -0.4 is 10.1 Å². The Labute approximate surface area is 148 Å². The fourth-order valence-corrected chi connectivity index (χ4v) is 2.53. The molecule has 0 bridgehead atoms. The first-order valence-corrected chi connectivity index (χ1v) is 7.76. The Morgan fingerprint density at radius 2 is 1.84 bits per heavy atom. The first kappa shape index (κ1) is 16.7. The lowest BCUT2D eigenvalue weighted by Gasteiger charge is -2.09. The molecule has 0 aromatic heterocycles. The Bertz CT molecular complexity index is 959. The SMILES string of the molecule is O=C(COc1ccc(Cl)cc1[N+](=O)[O-])Nc1ccc2ccccc2c1. The minimum absolute atomic E-state index is 0.0111. The first-order valence-electron chi connectivity index (χ1n) is 7.38. The Morgan fingerprint density at radius 3 is 2.60 bits per heavy atom. The van der Waals surface area contributed by atoms with E-state index in [1.807, 2.05) is 36.4 Å². The van der Waals surface area contributed by atoms with Gasteiger partial charge in [-0.25, -0.2) is 0 Å². The van der Waals surface area contributed by atoms with Gasteiger partial charge in [-0.05, 0) is 35.0 Å². The number of amides is 1. The van der Waals surface area contributed by atoms with Crippen LogP contribution in [0.5, 0.6) is 5.75 Å². The number of anilines is 1. The maximum absolute atomic E-state index is 12.0. The van der Waals surface area contributed by atoms with Gasteiger partial charge in [0.25, 0.3) is 5.91 Å². The van der Waals surface area contributed by atoms with Gasteiger partial charge in [0, 0.05) is 16.8 Å². The van der Waals surface area contributed by atoms with E-state index in [0.29, 0.717) is 5.69 Å². The molecule has 0 fully saturated rings. The Balaban J connectivity index is 1.67. The molecule has 0 saturated carbocycles. The molecule has 1 N–H and O–H groups in total. The first-order chi connectivity index (χ1) is 12.0. The molecule has 3 aromatic rings. The fourth-order valence-electron chi connectivity index (χ4n) is 2.36. The summed E-state index contributed by atoms with van der Waals surface area (Å²) in [6.07, 6.45) is 0. The van der Waals surface area contributed by atoms with Gasteiger partial charge in [0.05, 0.1) is 4.92 Å². The van der Waals surface area contributed by atoms with Gasteiger partial charge < -0.3 is 10.1 Å².